The quantitative estimate of drug-likeness (QED) is 0.619. The topological polar surface area (TPSA) is 77.5 Å². The SMILES string of the molecule is O=COC1CC(O)CCC12OCC(C1CCC3OC3C1)CO2. The van der Waals surface area contributed by atoms with Gasteiger partial charge in [0.1, 0.15) is 0 Å². The number of epoxide rings is 1. The van der Waals surface area contributed by atoms with Crippen LogP contribution < -0.4 is 0 Å². The van der Waals surface area contributed by atoms with Gasteiger partial charge in [0.2, 0.25) is 5.79 Å². The molecule has 5 atom stereocenters. The van der Waals surface area contributed by atoms with E-state index in [1.807, 2.05) is 0 Å². The van der Waals surface area contributed by atoms with Gasteiger partial charge >= 0.3 is 0 Å². The third-order valence-corrected chi connectivity index (χ3v) is 5.82. The summed E-state index contributed by atoms with van der Waals surface area (Å²) in [6, 6.07) is 0. The Labute approximate surface area is 130 Å². The molecule has 6 heteroatoms. The van der Waals surface area contributed by atoms with Gasteiger partial charge in [0, 0.05) is 18.8 Å². The zero-order valence-electron chi connectivity index (χ0n) is 12.7. The molecule has 22 heavy (non-hydrogen) atoms. The van der Waals surface area contributed by atoms with Crippen LogP contribution in [-0.2, 0) is 23.7 Å². The first kappa shape index (κ1) is 14.9. The van der Waals surface area contributed by atoms with Gasteiger partial charge < -0.3 is 24.1 Å². The summed E-state index contributed by atoms with van der Waals surface area (Å²) >= 11 is 0. The van der Waals surface area contributed by atoms with E-state index in [1.54, 1.807) is 0 Å². The molecule has 2 saturated heterocycles. The lowest BCUT2D eigenvalue weighted by molar-refractivity contribution is -0.339. The second kappa shape index (κ2) is 5.74. The van der Waals surface area contributed by atoms with Gasteiger partial charge in [-0.2, -0.15) is 0 Å². The van der Waals surface area contributed by atoms with E-state index in [0.29, 0.717) is 63.0 Å². The molecule has 1 N–H and O–H groups in total. The second-order valence-electron chi connectivity index (χ2n) is 7.13. The maximum atomic E-state index is 10.7. The van der Waals surface area contributed by atoms with E-state index in [-0.39, 0.29) is 0 Å². The summed E-state index contributed by atoms with van der Waals surface area (Å²) in [7, 11) is 0. The van der Waals surface area contributed by atoms with E-state index in [4.69, 9.17) is 18.9 Å². The first-order valence-corrected chi connectivity index (χ1v) is 8.41. The molecule has 0 amide bonds. The zero-order valence-corrected chi connectivity index (χ0v) is 12.7. The lowest BCUT2D eigenvalue weighted by Gasteiger charge is -2.48. The normalized spacial score (nSPS) is 51.1. The third-order valence-electron chi connectivity index (χ3n) is 5.82. The molecule has 0 aromatic carbocycles. The van der Waals surface area contributed by atoms with Crippen molar-refractivity contribution in [1.29, 1.82) is 0 Å². The molecule has 6 nitrogen and oxygen atoms in total. The van der Waals surface area contributed by atoms with Crippen molar-refractivity contribution in [2.45, 2.75) is 68.7 Å². The van der Waals surface area contributed by atoms with E-state index in [0.717, 1.165) is 12.8 Å². The molecule has 2 aliphatic heterocycles. The molecular formula is C16H24O6. The fourth-order valence-corrected chi connectivity index (χ4v) is 4.35. The Balaban J connectivity index is 1.38. The molecule has 0 bridgehead atoms. The molecule has 4 rings (SSSR count). The minimum absolute atomic E-state index is 0.379. The Bertz CT molecular complexity index is 419. The highest BCUT2D eigenvalue weighted by atomic mass is 16.7. The van der Waals surface area contributed by atoms with Crippen molar-refractivity contribution < 1.29 is 28.8 Å². The van der Waals surface area contributed by atoms with E-state index in [2.05, 4.69) is 0 Å². The molecule has 0 aromatic rings. The largest absolute Gasteiger partial charge is 0.459 e. The number of hydrogen-bond donors (Lipinski definition) is 1. The van der Waals surface area contributed by atoms with Gasteiger partial charge in [-0.25, -0.2) is 0 Å². The fraction of sp³-hybridized carbons (Fsp3) is 0.938. The number of ether oxygens (including phenoxy) is 4. The lowest BCUT2D eigenvalue weighted by Crippen LogP contribution is -2.57. The number of fused-ring (bicyclic) bond motifs is 1. The summed E-state index contributed by atoms with van der Waals surface area (Å²) < 4.78 is 22.9. The van der Waals surface area contributed by atoms with E-state index >= 15 is 0 Å². The van der Waals surface area contributed by atoms with Crippen LogP contribution in [0.2, 0.25) is 0 Å². The highest BCUT2D eigenvalue weighted by Gasteiger charge is 2.52. The van der Waals surface area contributed by atoms with Gasteiger partial charge in [0.15, 0.2) is 6.10 Å². The summed E-state index contributed by atoms with van der Waals surface area (Å²) in [5.41, 5.74) is 0. The Morgan fingerprint density at radius 3 is 2.59 bits per heavy atom. The minimum atomic E-state index is -0.857. The molecule has 2 saturated carbocycles. The summed E-state index contributed by atoms with van der Waals surface area (Å²) in [6.45, 7) is 1.70. The number of hydrogen-bond acceptors (Lipinski definition) is 6. The average molecular weight is 312 g/mol. The van der Waals surface area contributed by atoms with Gasteiger partial charge in [-0.15, -0.1) is 0 Å². The monoisotopic (exact) mass is 312 g/mol. The van der Waals surface area contributed by atoms with E-state index in [9.17, 15) is 9.90 Å². The minimum Gasteiger partial charge on any atom is -0.459 e. The number of aliphatic hydroxyl groups is 1. The average Bonchev–Trinajstić information content (AvgIpc) is 3.31. The molecule has 0 radical (unpaired) electrons. The van der Waals surface area contributed by atoms with Crippen LogP contribution in [0.4, 0.5) is 0 Å². The van der Waals surface area contributed by atoms with Crippen molar-refractivity contribution >= 4 is 6.47 Å². The summed E-state index contributed by atoms with van der Waals surface area (Å²) in [6.07, 6.45) is 5.01. The number of rotatable bonds is 3. The summed E-state index contributed by atoms with van der Waals surface area (Å²) in [4.78, 5) is 10.7. The van der Waals surface area contributed by atoms with Crippen molar-refractivity contribution in [1.82, 2.24) is 0 Å². The highest BCUT2D eigenvalue weighted by Crippen LogP contribution is 2.45. The number of carbonyl (C=O) groups is 1. The lowest BCUT2D eigenvalue weighted by atomic mass is 9.79. The maximum absolute atomic E-state index is 10.7. The highest BCUT2D eigenvalue weighted by molar-refractivity contribution is 5.37. The van der Waals surface area contributed by atoms with Crippen molar-refractivity contribution in [3.05, 3.63) is 0 Å². The smallest absolute Gasteiger partial charge is 0.293 e. The Morgan fingerprint density at radius 1 is 1.05 bits per heavy atom. The summed E-state index contributed by atoms with van der Waals surface area (Å²) in [5, 5.41) is 9.79. The molecule has 4 fully saturated rings. The van der Waals surface area contributed by atoms with Crippen LogP contribution in [0.3, 0.4) is 0 Å². The van der Waals surface area contributed by atoms with E-state index in [1.165, 1.54) is 6.42 Å². The van der Waals surface area contributed by atoms with Crippen LogP contribution in [0.25, 0.3) is 0 Å². The number of aliphatic hydroxyl groups excluding tert-OH is 1. The Hall–Kier alpha value is -0.690. The molecule has 0 aromatic heterocycles. The molecule has 4 aliphatic rings. The van der Waals surface area contributed by atoms with Crippen molar-refractivity contribution in [3.8, 4) is 0 Å². The molecule has 5 unspecified atom stereocenters. The number of carbonyl (C=O) groups excluding carboxylic acids is 1. The molecule has 2 heterocycles. The second-order valence-corrected chi connectivity index (χ2v) is 7.13. The molecule has 1 spiro atoms. The predicted molar refractivity (Wildman–Crippen MR) is 74.9 cm³/mol. The first-order chi connectivity index (χ1) is 10.7. The van der Waals surface area contributed by atoms with Gasteiger partial charge in [-0.3, -0.25) is 4.79 Å². The van der Waals surface area contributed by atoms with Crippen LogP contribution in [0.5, 0.6) is 0 Å². The van der Waals surface area contributed by atoms with Crippen molar-refractivity contribution in [3.63, 3.8) is 0 Å². The fourth-order valence-electron chi connectivity index (χ4n) is 4.35. The molecule has 124 valence electrons. The molecule has 2 aliphatic carbocycles. The Kier molecular flexibility index (Phi) is 3.88. The maximum Gasteiger partial charge on any atom is 0.293 e. The van der Waals surface area contributed by atoms with Gasteiger partial charge in [-0.05, 0) is 31.6 Å². The van der Waals surface area contributed by atoms with Crippen LogP contribution in [0, 0.1) is 11.8 Å². The van der Waals surface area contributed by atoms with Gasteiger partial charge in [-0.1, -0.05) is 0 Å². The van der Waals surface area contributed by atoms with Crippen LogP contribution in [0.1, 0.15) is 38.5 Å². The zero-order chi connectivity index (χ0) is 15.2. The van der Waals surface area contributed by atoms with Crippen LogP contribution in [-0.4, -0.2) is 55.0 Å². The third kappa shape index (κ3) is 2.66. The van der Waals surface area contributed by atoms with Crippen LogP contribution in [0.15, 0.2) is 0 Å². The summed E-state index contributed by atoms with van der Waals surface area (Å²) in [5.74, 6) is 0.129. The van der Waals surface area contributed by atoms with E-state index < -0.39 is 18.0 Å². The van der Waals surface area contributed by atoms with Gasteiger partial charge in [0.25, 0.3) is 6.47 Å². The van der Waals surface area contributed by atoms with Gasteiger partial charge in [0.05, 0.1) is 31.5 Å². The standard InChI is InChI=1S/C16H24O6/c17-9-19-15-6-12(18)3-4-16(15)20-7-11(8-21-16)10-1-2-13-14(5-10)22-13/h9-15,18H,1-8H2. The predicted octanol–water partition coefficient (Wildman–Crippen LogP) is 1.000. The van der Waals surface area contributed by atoms with Crippen molar-refractivity contribution in [2.75, 3.05) is 13.2 Å². The molecular weight excluding hydrogens is 288 g/mol. The Morgan fingerprint density at radius 2 is 1.86 bits per heavy atom. The van der Waals surface area contributed by atoms with Crippen LogP contribution >= 0.6 is 0 Å². The first-order valence-electron chi connectivity index (χ1n) is 8.41. The van der Waals surface area contributed by atoms with Crippen molar-refractivity contribution in [2.24, 2.45) is 11.8 Å².